The third-order valence-corrected chi connectivity index (χ3v) is 3.74. The van der Waals surface area contributed by atoms with Crippen LogP contribution in [0.3, 0.4) is 0 Å². The summed E-state index contributed by atoms with van der Waals surface area (Å²) < 4.78 is 7.29. The molecule has 9 nitrogen and oxygen atoms in total. The first kappa shape index (κ1) is 13.6. The van der Waals surface area contributed by atoms with Crippen molar-refractivity contribution >= 4 is 33.0 Å². The molecule has 0 bridgehead atoms. The molecule has 1 fully saturated rings. The lowest BCUT2D eigenvalue weighted by Crippen LogP contribution is -2.33. The van der Waals surface area contributed by atoms with E-state index in [9.17, 15) is 10.2 Å². The first-order valence-corrected chi connectivity index (χ1v) is 6.60. The molecule has 0 radical (unpaired) electrons. The van der Waals surface area contributed by atoms with Gasteiger partial charge in [0.25, 0.3) is 0 Å². The molecule has 1 aliphatic rings. The van der Waals surface area contributed by atoms with Crippen LogP contribution in [0.15, 0.2) is 10.9 Å². The van der Waals surface area contributed by atoms with Crippen molar-refractivity contribution in [3.63, 3.8) is 0 Å². The summed E-state index contributed by atoms with van der Waals surface area (Å²) in [6, 6.07) is 0. The molecule has 4 atom stereocenters. The number of hydrogen-bond donors (Lipinski definition) is 4. The number of halogens is 1. The Morgan fingerprint density at radius 3 is 2.75 bits per heavy atom. The van der Waals surface area contributed by atoms with Gasteiger partial charge in [-0.05, 0) is 15.9 Å². The van der Waals surface area contributed by atoms with Gasteiger partial charge in [-0.1, -0.05) is 0 Å². The molecular weight excluding hydrogens is 334 g/mol. The highest BCUT2D eigenvalue weighted by atomic mass is 79.9. The second-order valence-corrected chi connectivity index (χ2v) is 5.18. The molecule has 108 valence electrons. The van der Waals surface area contributed by atoms with Crippen LogP contribution in [0.2, 0.25) is 0 Å². The lowest BCUT2D eigenvalue weighted by atomic mass is 10.1. The van der Waals surface area contributed by atoms with Crippen LogP contribution in [0, 0.1) is 0 Å². The van der Waals surface area contributed by atoms with Gasteiger partial charge >= 0.3 is 0 Å². The number of nitrogens with zero attached hydrogens (tertiary/aromatic N) is 4. The SMILES string of the molecule is Nc1nc(Br)c2ncn([C@H]3O[C@@H](CO)[C@@H](O)[C@H]3O)c2n1. The maximum absolute atomic E-state index is 10.0. The van der Waals surface area contributed by atoms with Crippen LogP contribution in [0.5, 0.6) is 0 Å². The van der Waals surface area contributed by atoms with E-state index < -0.39 is 31.1 Å². The van der Waals surface area contributed by atoms with Crippen LogP contribution in [0.1, 0.15) is 6.23 Å². The Labute approximate surface area is 121 Å². The Hall–Kier alpha value is -1.33. The fraction of sp³-hybridized carbons (Fsp3) is 0.500. The smallest absolute Gasteiger partial charge is 0.223 e. The fourth-order valence-corrected chi connectivity index (χ4v) is 2.66. The third kappa shape index (κ3) is 1.96. The predicted molar refractivity (Wildman–Crippen MR) is 70.4 cm³/mol. The molecule has 10 heteroatoms. The molecule has 1 saturated heterocycles. The quantitative estimate of drug-likeness (QED) is 0.496. The van der Waals surface area contributed by atoms with Crippen molar-refractivity contribution in [2.75, 3.05) is 12.3 Å². The van der Waals surface area contributed by atoms with Gasteiger partial charge < -0.3 is 25.8 Å². The van der Waals surface area contributed by atoms with Gasteiger partial charge in [0.15, 0.2) is 11.9 Å². The number of aliphatic hydroxyl groups is 3. The highest BCUT2D eigenvalue weighted by Crippen LogP contribution is 2.32. The minimum Gasteiger partial charge on any atom is -0.394 e. The summed E-state index contributed by atoms with van der Waals surface area (Å²) in [7, 11) is 0. The van der Waals surface area contributed by atoms with Crippen molar-refractivity contribution in [1.82, 2.24) is 19.5 Å². The number of nitrogen functional groups attached to an aromatic ring is 1. The zero-order chi connectivity index (χ0) is 14.4. The van der Waals surface area contributed by atoms with Crippen molar-refractivity contribution in [1.29, 1.82) is 0 Å². The summed E-state index contributed by atoms with van der Waals surface area (Å²) in [5, 5.41) is 28.9. The highest BCUT2D eigenvalue weighted by molar-refractivity contribution is 9.10. The van der Waals surface area contributed by atoms with Crippen LogP contribution >= 0.6 is 15.9 Å². The molecule has 0 aliphatic carbocycles. The van der Waals surface area contributed by atoms with E-state index in [1.807, 2.05) is 0 Å². The Balaban J connectivity index is 2.07. The van der Waals surface area contributed by atoms with E-state index in [0.717, 1.165) is 0 Å². The summed E-state index contributed by atoms with van der Waals surface area (Å²) in [6.45, 7) is -0.401. The van der Waals surface area contributed by atoms with E-state index in [1.54, 1.807) is 0 Å². The van der Waals surface area contributed by atoms with E-state index in [2.05, 4.69) is 30.9 Å². The van der Waals surface area contributed by atoms with Crippen LogP contribution in [-0.2, 0) is 4.74 Å². The average Bonchev–Trinajstić information content (AvgIpc) is 2.93. The lowest BCUT2D eigenvalue weighted by Gasteiger charge is -2.16. The summed E-state index contributed by atoms with van der Waals surface area (Å²) in [4.78, 5) is 12.1. The van der Waals surface area contributed by atoms with Crippen molar-refractivity contribution in [2.45, 2.75) is 24.5 Å². The molecule has 20 heavy (non-hydrogen) atoms. The van der Waals surface area contributed by atoms with Gasteiger partial charge in [-0.15, -0.1) is 0 Å². The lowest BCUT2D eigenvalue weighted by molar-refractivity contribution is -0.0511. The summed E-state index contributed by atoms with van der Waals surface area (Å²) in [6.07, 6.45) is -2.77. The molecule has 0 aromatic carbocycles. The highest BCUT2D eigenvalue weighted by Gasteiger charge is 2.44. The first-order valence-electron chi connectivity index (χ1n) is 5.81. The van der Waals surface area contributed by atoms with E-state index in [4.69, 9.17) is 15.6 Å². The Kier molecular flexibility index (Phi) is 3.34. The monoisotopic (exact) mass is 345 g/mol. The Bertz CT molecular complexity index is 650. The number of anilines is 1. The molecule has 5 N–H and O–H groups in total. The van der Waals surface area contributed by atoms with E-state index in [1.165, 1.54) is 10.9 Å². The third-order valence-electron chi connectivity index (χ3n) is 3.19. The molecule has 2 aromatic rings. The molecule has 0 unspecified atom stereocenters. The van der Waals surface area contributed by atoms with Gasteiger partial charge in [0.1, 0.15) is 28.4 Å². The molecular formula is C10H12BrN5O4. The summed E-state index contributed by atoms with van der Waals surface area (Å²) in [5.74, 6) is 0.0397. The Morgan fingerprint density at radius 2 is 2.10 bits per heavy atom. The molecule has 3 heterocycles. The number of hydrogen-bond acceptors (Lipinski definition) is 8. The normalized spacial score (nSPS) is 30.2. The maximum atomic E-state index is 10.0. The number of fused-ring (bicyclic) bond motifs is 1. The predicted octanol–water partition coefficient (Wildman–Crippen LogP) is -1.22. The van der Waals surface area contributed by atoms with Crippen molar-refractivity contribution in [3.8, 4) is 0 Å². The van der Waals surface area contributed by atoms with Gasteiger partial charge in [-0.25, -0.2) is 9.97 Å². The Morgan fingerprint density at radius 1 is 1.35 bits per heavy atom. The van der Waals surface area contributed by atoms with Crippen LogP contribution in [0.25, 0.3) is 11.2 Å². The summed E-state index contributed by atoms with van der Waals surface area (Å²) in [5.41, 5.74) is 6.40. The van der Waals surface area contributed by atoms with Crippen LogP contribution in [-0.4, -0.2) is 59.8 Å². The summed E-state index contributed by atoms with van der Waals surface area (Å²) >= 11 is 3.22. The molecule has 3 rings (SSSR count). The molecule has 1 aliphatic heterocycles. The van der Waals surface area contributed by atoms with Gasteiger partial charge in [-0.2, -0.15) is 4.98 Å². The minimum absolute atomic E-state index is 0.0397. The number of rotatable bonds is 2. The van der Waals surface area contributed by atoms with Crippen LogP contribution < -0.4 is 5.73 Å². The second-order valence-electron chi connectivity index (χ2n) is 4.43. The zero-order valence-corrected chi connectivity index (χ0v) is 11.7. The topological polar surface area (TPSA) is 140 Å². The molecule has 0 spiro atoms. The van der Waals surface area contributed by atoms with Gasteiger partial charge in [0, 0.05) is 0 Å². The second kappa shape index (κ2) is 4.90. The molecule has 0 amide bonds. The van der Waals surface area contributed by atoms with Crippen molar-refractivity contribution in [2.24, 2.45) is 0 Å². The number of ether oxygens (including phenoxy) is 1. The van der Waals surface area contributed by atoms with Crippen LogP contribution in [0.4, 0.5) is 5.95 Å². The molecule has 2 aromatic heterocycles. The van der Waals surface area contributed by atoms with Gasteiger partial charge in [0.05, 0.1) is 12.9 Å². The fourth-order valence-electron chi connectivity index (χ4n) is 2.19. The van der Waals surface area contributed by atoms with E-state index in [0.29, 0.717) is 15.8 Å². The van der Waals surface area contributed by atoms with Crippen molar-refractivity contribution in [3.05, 3.63) is 10.9 Å². The van der Waals surface area contributed by atoms with E-state index >= 15 is 0 Å². The first-order chi connectivity index (χ1) is 9.52. The van der Waals surface area contributed by atoms with E-state index in [-0.39, 0.29) is 5.95 Å². The van der Waals surface area contributed by atoms with Crippen molar-refractivity contribution < 1.29 is 20.1 Å². The number of imidazole rings is 1. The minimum atomic E-state index is -1.21. The number of nitrogens with two attached hydrogens (primary N) is 1. The van der Waals surface area contributed by atoms with Gasteiger partial charge in [0.2, 0.25) is 5.95 Å². The average molecular weight is 346 g/mol. The zero-order valence-electron chi connectivity index (χ0n) is 10.1. The maximum Gasteiger partial charge on any atom is 0.223 e. The standard InChI is InChI=1S/C10H12BrN5O4/c11-7-4-8(15-10(12)14-7)16(2-13-4)9-6(19)5(18)3(1-17)20-9/h2-3,5-6,9,17-19H,1H2,(H2,12,14,15)/t3-,5+,6+,9-/m0/s1. The largest absolute Gasteiger partial charge is 0.394 e. The number of aliphatic hydroxyl groups excluding tert-OH is 3. The number of aromatic nitrogens is 4. The van der Waals surface area contributed by atoms with Gasteiger partial charge in [-0.3, -0.25) is 4.57 Å². The molecule has 0 saturated carbocycles.